The number of rotatable bonds is 4. The topological polar surface area (TPSA) is 38.1 Å². The maximum absolute atomic E-state index is 10.3. The lowest BCUT2D eigenvalue weighted by molar-refractivity contribution is 0.160. The van der Waals surface area contributed by atoms with Crippen LogP contribution in [0, 0.1) is 0 Å². The quantitative estimate of drug-likeness (QED) is 0.741. The highest BCUT2D eigenvalue weighted by Gasteiger charge is 2.18. The number of para-hydroxylation sites is 2. The Morgan fingerprint density at radius 2 is 1.77 bits per heavy atom. The third-order valence-corrected chi connectivity index (χ3v) is 4.45. The minimum absolute atomic E-state index is 0.478. The van der Waals surface area contributed by atoms with Gasteiger partial charge in [-0.05, 0) is 30.7 Å². The molecule has 22 heavy (non-hydrogen) atoms. The van der Waals surface area contributed by atoms with E-state index in [2.05, 4.69) is 4.98 Å². The summed E-state index contributed by atoms with van der Waals surface area (Å²) >= 11 is 12.6. The van der Waals surface area contributed by atoms with Crippen LogP contribution in [-0.2, 0) is 6.54 Å². The molecule has 0 aliphatic heterocycles. The van der Waals surface area contributed by atoms with E-state index in [1.165, 1.54) is 0 Å². The lowest BCUT2D eigenvalue weighted by Gasteiger charge is -2.14. The number of aliphatic hydroxyl groups is 1. The number of aliphatic hydroxyl groups excluding tert-OH is 1. The summed E-state index contributed by atoms with van der Waals surface area (Å²) in [6.45, 7) is 2.41. The van der Waals surface area contributed by atoms with Crippen molar-refractivity contribution in [2.24, 2.45) is 0 Å². The highest BCUT2D eigenvalue weighted by molar-refractivity contribution is 6.36. The molecule has 5 heteroatoms. The Morgan fingerprint density at radius 1 is 1.09 bits per heavy atom. The first-order valence-electron chi connectivity index (χ1n) is 7.18. The Bertz CT molecular complexity index is 793. The number of hydrogen-bond donors (Lipinski definition) is 1. The predicted molar refractivity (Wildman–Crippen MR) is 90.5 cm³/mol. The van der Waals surface area contributed by atoms with Crippen molar-refractivity contribution in [3.05, 3.63) is 63.9 Å². The fraction of sp³-hybridized carbons (Fsp3) is 0.235. The van der Waals surface area contributed by atoms with Crippen LogP contribution in [0.3, 0.4) is 0 Å². The standard InChI is InChI=1S/C17H16Cl2N2O/c1-2-16(22)17-20-14-8-3-4-9-15(14)21(17)10-11-12(18)6-5-7-13(11)19/h3-9,16,22H,2,10H2,1H3. The van der Waals surface area contributed by atoms with Gasteiger partial charge in [-0.3, -0.25) is 0 Å². The van der Waals surface area contributed by atoms with Gasteiger partial charge in [0, 0.05) is 15.6 Å². The summed E-state index contributed by atoms with van der Waals surface area (Å²) in [5.41, 5.74) is 2.65. The van der Waals surface area contributed by atoms with Crippen LogP contribution in [-0.4, -0.2) is 14.7 Å². The fourth-order valence-corrected chi connectivity index (χ4v) is 3.06. The van der Waals surface area contributed by atoms with E-state index >= 15 is 0 Å². The molecule has 1 heterocycles. The van der Waals surface area contributed by atoms with Gasteiger partial charge in [-0.2, -0.15) is 0 Å². The van der Waals surface area contributed by atoms with Gasteiger partial charge in [0.15, 0.2) is 0 Å². The molecule has 0 saturated heterocycles. The Balaban J connectivity index is 2.16. The Hall–Kier alpha value is -1.55. The normalized spacial score (nSPS) is 12.7. The second-order valence-electron chi connectivity index (χ2n) is 5.17. The first kappa shape index (κ1) is 15.3. The van der Waals surface area contributed by atoms with Gasteiger partial charge >= 0.3 is 0 Å². The van der Waals surface area contributed by atoms with E-state index < -0.39 is 6.10 Å². The maximum atomic E-state index is 10.3. The third-order valence-electron chi connectivity index (χ3n) is 3.75. The molecule has 0 fully saturated rings. The van der Waals surface area contributed by atoms with Crippen LogP contribution in [0.2, 0.25) is 10.0 Å². The lowest BCUT2D eigenvalue weighted by atomic mass is 10.2. The molecule has 0 aliphatic carbocycles. The number of hydrogen-bond acceptors (Lipinski definition) is 2. The van der Waals surface area contributed by atoms with Gasteiger partial charge in [0.25, 0.3) is 0 Å². The second kappa shape index (κ2) is 6.29. The molecule has 1 aromatic heterocycles. The Labute approximate surface area is 139 Å². The number of benzene rings is 2. The van der Waals surface area contributed by atoms with Crippen LogP contribution in [0.15, 0.2) is 42.5 Å². The van der Waals surface area contributed by atoms with Crippen LogP contribution in [0.25, 0.3) is 11.0 Å². The molecular weight excluding hydrogens is 319 g/mol. The van der Waals surface area contributed by atoms with Gasteiger partial charge in [0.1, 0.15) is 11.9 Å². The molecule has 0 saturated carbocycles. The molecule has 3 nitrogen and oxygen atoms in total. The van der Waals surface area contributed by atoms with E-state index in [0.29, 0.717) is 28.8 Å². The van der Waals surface area contributed by atoms with Crippen molar-refractivity contribution in [1.29, 1.82) is 0 Å². The van der Waals surface area contributed by atoms with Crippen LogP contribution in [0.4, 0.5) is 0 Å². The number of nitrogens with zero attached hydrogens (tertiary/aromatic N) is 2. The van der Waals surface area contributed by atoms with Crippen LogP contribution >= 0.6 is 23.2 Å². The molecule has 1 atom stereocenters. The summed E-state index contributed by atoms with van der Waals surface area (Å²) in [5.74, 6) is 0.639. The van der Waals surface area contributed by atoms with Crippen LogP contribution in [0.5, 0.6) is 0 Å². The molecule has 0 aliphatic rings. The molecule has 3 aromatic rings. The molecule has 0 amide bonds. The van der Waals surface area contributed by atoms with E-state index in [4.69, 9.17) is 23.2 Å². The van der Waals surface area contributed by atoms with Gasteiger partial charge in [-0.1, -0.05) is 48.3 Å². The lowest BCUT2D eigenvalue weighted by Crippen LogP contribution is -2.10. The van der Waals surface area contributed by atoms with Gasteiger partial charge in [-0.25, -0.2) is 4.98 Å². The monoisotopic (exact) mass is 334 g/mol. The number of fused-ring (bicyclic) bond motifs is 1. The van der Waals surface area contributed by atoms with E-state index in [1.807, 2.05) is 54.0 Å². The fourth-order valence-electron chi connectivity index (χ4n) is 2.54. The molecular formula is C17H16Cl2N2O. The van der Waals surface area contributed by atoms with E-state index in [1.54, 1.807) is 0 Å². The number of imidazole rings is 1. The van der Waals surface area contributed by atoms with Crippen LogP contribution in [0.1, 0.15) is 30.8 Å². The molecule has 3 rings (SSSR count). The van der Waals surface area contributed by atoms with Crippen LogP contribution < -0.4 is 0 Å². The first-order valence-corrected chi connectivity index (χ1v) is 7.93. The van der Waals surface area contributed by atoms with Crippen molar-refractivity contribution >= 4 is 34.2 Å². The maximum Gasteiger partial charge on any atom is 0.139 e. The van der Waals surface area contributed by atoms with Gasteiger partial charge in [0.2, 0.25) is 0 Å². The minimum atomic E-state index is -0.617. The zero-order chi connectivity index (χ0) is 15.7. The van der Waals surface area contributed by atoms with Gasteiger partial charge in [0.05, 0.1) is 17.6 Å². The number of halogens is 2. The molecule has 1 unspecified atom stereocenters. The van der Waals surface area contributed by atoms with Crippen molar-refractivity contribution < 1.29 is 5.11 Å². The van der Waals surface area contributed by atoms with E-state index in [9.17, 15) is 5.11 Å². The van der Waals surface area contributed by atoms with Crippen molar-refractivity contribution in [1.82, 2.24) is 9.55 Å². The molecule has 0 radical (unpaired) electrons. The van der Waals surface area contributed by atoms with Gasteiger partial charge in [-0.15, -0.1) is 0 Å². The highest BCUT2D eigenvalue weighted by atomic mass is 35.5. The van der Waals surface area contributed by atoms with Crippen molar-refractivity contribution in [3.63, 3.8) is 0 Å². The van der Waals surface area contributed by atoms with Crippen molar-refractivity contribution in [3.8, 4) is 0 Å². The third kappa shape index (κ3) is 2.72. The zero-order valence-electron chi connectivity index (χ0n) is 12.1. The Kier molecular flexibility index (Phi) is 4.39. The van der Waals surface area contributed by atoms with Crippen molar-refractivity contribution in [2.45, 2.75) is 26.0 Å². The largest absolute Gasteiger partial charge is 0.385 e. The smallest absolute Gasteiger partial charge is 0.139 e. The van der Waals surface area contributed by atoms with Gasteiger partial charge < -0.3 is 9.67 Å². The summed E-state index contributed by atoms with van der Waals surface area (Å²) in [7, 11) is 0. The van der Waals surface area contributed by atoms with E-state index in [-0.39, 0.29) is 0 Å². The second-order valence-corrected chi connectivity index (χ2v) is 5.98. The molecule has 0 spiro atoms. The zero-order valence-corrected chi connectivity index (χ0v) is 13.6. The number of aromatic nitrogens is 2. The van der Waals surface area contributed by atoms with Crippen molar-refractivity contribution in [2.75, 3.05) is 0 Å². The molecule has 0 bridgehead atoms. The first-order chi connectivity index (χ1) is 10.6. The predicted octanol–water partition coefficient (Wildman–Crippen LogP) is 4.83. The summed E-state index contributed by atoms with van der Waals surface area (Å²) < 4.78 is 1.98. The summed E-state index contributed by atoms with van der Waals surface area (Å²) in [4.78, 5) is 4.57. The SMILES string of the molecule is CCC(O)c1nc2ccccc2n1Cc1c(Cl)cccc1Cl. The summed E-state index contributed by atoms with van der Waals surface area (Å²) in [5, 5.41) is 11.5. The molecule has 114 valence electrons. The minimum Gasteiger partial charge on any atom is -0.385 e. The average Bonchev–Trinajstić information content (AvgIpc) is 2.89. The van der Waals surface area contributed by atoms with E-state index in [0.717, 1.165) is 16.6 Å². The summed E-state index contributed by atoms with van der Waals surface area (Å²) in [6, 6.07) is 13.3. The molecule has 2 aromatic carbocycles. The average molecular weight is 335 g/mol. The highest BCUT2D eigenvalue weighted by Crippen LogP contribution is 2.29. The summed E-state index contributed by atoms with van der Waals surface area (Å²) in [6.07, 6.45) is -0.0202. The molecule has 1 N–H and O–H groups in total. The Morgan fingerprint density at radius 3 is 2.45 bits per heavy atom.